The molecule has 0 aliphatic rings. The number of hydrogen-bond acceptors (Lipinski definition) is 6. The molecule has 0 unspecified atom stereocenters. The maximum Gasteiger partial charge on any atom is 0.349 e. The van der Waals surface area contributed by atoms with Crippen LogP contribution in [0.25, 0.3) is 11.1 Å². The summed E-state index contributed by atoms with van der Waals surface area (Å²) in [6.07, 6.45) is 0.317. The summed E-state index contributed by atoms with van der Waals surface area (Å²) in [7, 11) is 1.74. The lowest BCUT2D eigenvalue weighted by Crippen LogP contribution is -2.27. The van der Waals surface area contributed by atoms with Gasteiger partial charge in [-0.05, 0) is 222 Å². The molecule has 0 saturated carbocycles. The highest BCUT2D eigenvalue weighted by Gasteiger charge is 2.34. The average molecular weight is 749 g/mol. The summed E-state index contributed by atoms with van der Waals surface area (Å²) < 4.78 is 24.1. The van der Waals surface area contributed by atoms with Crippen molar-refractivity contribution < 1.29 is 28.5 Å². The third-order valence-electron chi connectivity index (χ3n) is 13.0. The summed E-state index contributed by atoms with van der Waals surface area (Å²) in [5.41, 5.74) is 21.6. The van der Waals surface area contributed by atoms with E-state index in [0.717, 1.165) is 94.8 Å². The van der Waals surface area contributed by atoms with E-state index < -0.39 is 5.97 Å². The molecule has 0 aliphatic heterocycles. The highest BCUT2D eigenvalue weighted by atomic mass is 16.6. The van der Waals surface area contributed by atoms with Gasteiger partial charge >= 0.3 is 11.9 Å². The molecule has 4 aromatic carbocycles. The number of rotatable bonds is 10. The maximum atomic E-state index is 13.6. The first-order valence-electron chi connectivity index (χ1n) is 19.5. The average Bonchev–Trinajstić information content (AvgIpc) is 3.13. The Morgan fingerprint density at radius 3 is 1.04 bits per heavy atom. The van der Waals surface area contributed by atoms with E-state index in [1.54, 1.807) is 14.0 Å². The Bertz CT molecular complexity index is 2130. The number of ether oxygens (including phenoxy) is 4. The topological polar surface area (TPSA) is 71.1 Å². The molecule has 55 heavy (non-hydrogen) atoms. The van der Waals surface area contributed by atoms with E-state index in [9.17, 15) is 9.59 Å². The van der Waals surface area contributed by atoms with E-state index in [1.807, 2.05) is 41.5 Å². The fraction of sp³-hybridized carbons (Fsp3) is 0.469. The molecule has 0 spiro atoms. The normalized spacial score (nSPS) is 11.6. The van der Waals surface area contributed by atoms with Crippen molar-refractivity contribution in [3.63, 3.8) is 0 Å². The lowest BCUT2D eigenvalue weighted by molar-refractivity contribution is -0.137. The second-order valence-corrected chi connectivity index (χ2v) is 16.2. The molecular formula is C49H64O6. The highest BCUT2D eigenvalue weighted by molar-refractivity contribution is 5.84. The van der Waals surface area contributed by atoms with Gasteiger partial charge < -0.3 is 18.9 Å². The summed E-state index contributed by atoms with van der Waals surface area (Å²) in [6.45, 7) is 39.7. The van der Waals surface area contributed by atoms with E-state index in [1.165, 1.54) is 22.3 Å². The zero-order valence-electron chi connectivity index (χ0n) is 37.4. The van der Waals surface area contributed by atoms with E-state index in [2.05, 4.69) is 83.1 Å². The molecule has 4 rings (SSSR count). The van der Waals surface area contributed by atoms with Crippen molar-refractivity contribution in [2.75, 3.05) is 13.7 Å². The Labute approximate surface area is 331 Å². The minimum Gasteiger partial charge on any atom is -0.496 e. The van der Waals surface area contributed by atoms with E-state index in [4.69, 9.17) is 18.9 Å². The molecule has 0 atom stereocenters. The van der Waals surface area contributed by atoms with E-state index in [-0.39, 0.29) is 18.0 Å². The molecule has 0 heterocycles. The summed E-state index contributed by atoms with van der Waals surface area (Å²) in [5, 5.41) is 0. The maximum absolute atomic E-state index is 13.6. The first-order chi connectivity index (χ1) is 25.5. The number of esters is 2. The van der Waals surface area contributed by atoms with Crippen LogP contribution < -0.4 is 18.9 Å². The molecule has 6 heteroatoms. The first kappa shape index (κ1) is 43.2. The number of benzene rings is 4. The van der Waals surface area contributed by atoms with Crippen LogP contribution in [0.15, 0.2) is 0 Å². The van der Waals surface area contributed by atoms with Gasteiger partial charge in [-0.25, -0.2) is 4.79 Å². The van der Waals surface area contributed by atoms with Gasteiger partial charge in [-0.1, -0.05) is 20.8 Å². The molecule has 296 valence electrons. The van der Waals surface area contributed by atoms with Gasteiger partial charge in [-0.2, -0.15) is 0 Å². The molecule has 6 nitrogen and oxygen atoms in total. The Morgan fingerprint density at radius 2 is 0.709 bits per heavy atom. The molecule has 0 fully saturated rings. The molecule has 0 N–H and O–H groups in total. The van der Waals surface area contributed by atoms with Crippen LogP contribution in [0.5, 0.6) is 23.0 Å². The Hall–Kier alpha value is -4.58. The molecule has 0 amide bonds. The van der Waals surface area contributed by atoms with Crippen LogP contribution in [0.2, 0.25) is 0 Å². The monoisotopic (exact) mass is 748 g/mol. The van der Waals surface area contributed by atoms with Gasteiger partial charge in [-0.15, -0.1) is 0 Å². The largest absolute Gasteiger partial charge is 0.496 e. The van der Waals surface area contributed by atoms with Crippen LogP contribution in [0.4, 0.5) is 0 Å². The number of methoxy groups -OCH3 is 1. The quantitative estimate of drug-likeness (QED) is 0.119. The predicted octanol–water partition coefficient (Wildman–Crippen LogP) is 11.9. The van der Waals surface area contributed by atoms with Crippen LogP contribution in [-0.4, -0.2) is 25.7 Å². The van der Waals surface area contributed by atoms with Gasteiger partial charge in [-0.3, -0.25) is 4.79 Å². The number of hydrogen-bond donors (Lipinski definition) is 0. The Balaban J connectivity index is 1.69. The van der Waals surface area contributed by atoms with Crippen molar-refractivity contribution in [3.05, 3.63) is 100 Å². The van der Waals surface area contributed by atoms with Gasteiger partial charge in [0, 0.05) is 11.8 Å². The van der Waals surface area contributed by atoms with Crippen molar-refractivity contribution in [2.45, 2.75) is 143 Å². The van der Waals surface area contributed by atoms with Crippen molar-refractivity contribution in [1.29, 1.82) is 0 Å². The predicted molar refractivity (Wildman–Crippen MR) is 226 cm³/mol. The van der Waals surface area contributed by atoms with Gasteiger partial charge in [0.1, 0.15) is 23.0 Å². The second-order valence-electron chi connectivity index (χ2n) is 16.2. The summed E-state index contributed by atoms with van der Waals surface area (Å²) in [5.74, 6) is 2.20. The summed E-state index contributed by atoms with van der Waals surface area (Å²) in [4.78, 5) is 25.9. The lowest BCUT2D eigenvalue weighted by Gasteiger charge is -2.36. The van der Waals surface area contributed by atoms with Gasteiger partial charge in [0.25, 0.3) is 0 Å². The third-order valence-corrected chi connectivity index (χ3v) is 13.0. The fourth-order valence-corrected chi connectivity index (χ4v) is 9.15. The zero-order valence-corrected chi connectivity index (χ0v) is 37.4. The van der Waals surface area contributed by atoms with Crippen molar-refractivity contribution in [1.82, 2.24) is 0 Å². The van der Waals surface area contributed by atoms with Gasteiger partial charge in [0.2, 0.25) is 0 Å². The number of carbonyl (C=O) groups excluding carboxylic acids is 2. The summed E-state index contributed by atoms with van der Waals surface area (Å²) in [6, 6.07) is 0. The van der Waals surface area contributed by atoms with Crippen molar-refractivity contribution in [2.24, 2.45) is 0 Å². The molecule has 0 aromatic heterocycles. The lowest BCUT2D eigenvalue weighted by atomic mass is 9.68. The van der Waals surface area contributed by atoms with Crippen molar-refractivity contribution >= 4 is 11.9 Å². The van der Waals surface area contributed by atoms with Crippen LogP contribution in [-0.2, 0) is 15.0 Å². The van der Waals surface area contributed by atoms with E-state index >= 15 is 0 Å². The minimum absolute atomic E-state index is 0.222. The van der Waals surface area contributed by atoms with Gasteiger partial charge in [0.15, 0.2) is 6.61 Å². The van der Waals surface area contributed by atoms with Crippen LogP contribution >= 0.6 is 0 Å². The second kappa shape index (κ2) is 15.9. The smallest absolute Gasteiger partial charge is 0.349 e. The SMILES string of the molecule is CCC(=O)Oc1c(C)c(C)c(-c2c(C)c(C)c(OCC(=O)Oc3c(C)c(C)c(C(C)(C)c4c(C)c(C)c(OC)c(C)c4C)c(C)c3C)c(C)c2C)c(C)c1C. The van der Waals surface area contributed by atoms with Crippen molar-refractivity contribution in [3.8, 4) is 34.1 Å². The molecule has 0 saturated heterocycles. The molecular weight excluding hydrogens is 685 g/mol. The first-order valence-corrected chi connectivity index (χ1v) is 19.5. The minimum atomic E-state index is -0.446. The van der Waals surface area contributed by atoms with Crippen LogP contribution in [0.1, 0.15) is 127 Å². The van der Waals surface area contributed by atoms with Crippen LogP contribution in [0, 0.1) is 111 Å². The Morgan fingerprint density at radius 1 is 0.418 bits per heavy atom. The standard InChI is InChI=1S/C49H64O6/c1-21-39(50)54-47-33(12)25(4)42(26(5)34(47)13)41-23(2)31(10)46(32(11)24(41)3)53-22-40(51)55-48-37(16)29(8)44(30(9)38(48)17)49(18,19)43-27(6)35(14)45(52-20)36(15)28(43)7/h21-22H2,1-20H3. The fourth-order valence-electron chi connectivity index (χ4n) is 9.15. The molecule has 0 aliphatic carbocycles. The van der Waals surface area contributed by atoms with E-state index in [0.29, 0.717) is 23.7 Å². The third kappa shape index (κ3) is 7.18. The molecule has 0 radical (unpaired) electrons. The highest BCUT2D eigenvalue weighted by Crippen LogP contribution is 2.47. The van der Waals surface area contributed by atoms with Crippen LogP contribution in [0.3, 0.4) is 0 Å². The summed E-state index contributed by atoms with van der Waals surface area (Å²) >= 11 is 0. The van der Waals surface area contributed by atoms with Gasteiger partial charge in [0.05, 0.1) is 7.11 Å². The zero-order chi connectivity index (χ0) is 41.8. The molecule has 0 bridgehead atoms. The number of carbonyl (C=O) groups is 2. The molecule has 4 aromatic rings. The Kier molecular flexibility index (Phi) is 12.5.